The number of amides is 1. The maximum absolute atomic E-state index is 12.4. The second kappa shape index (κ2) is 6.55. The predicted octanol–water partition coefficient (Wildman–Crippen LogP) is 4.01. The van der Waals surface area contributed by atoms with Crippen molar-refractivity contribution in [3.05, 3.63) is 75.1 Å². The zero-order valence-electron chi connectivity index (χ0n) is 15.0. The summed E-state index contributed by atoms with van der Waals surface area (Å²) in [6.07, 6.45) is 0. The van der Waals surface area contributed by atoms with Gasteiger partial charge in [-0.15, -0.1) is 0 Å². The van der Waals surface area contributed by atoms with Gasteiger partial charge < -0.3 is 9.88 Å². The Kier molecular flexibility index (Phi) is 4.45. The monoisotopic (exact) mass is 334 g/mol. The molecule has 0 aliphatic heterocycles. The standard InChI is InChI=1S/C21H22N2O2/c1-13-5-8-20-17(9-13)11-18(21(25)22-20)12-23(16(4)24)19-7-6-14(2)15(3)10-19/h5-11H,12H2,1-4H3,(H,22,25). The van der Waals surface area contributed by atoms with Gasteiger partial charge >= 0.3 is 0 Å². The van der Waals surface area contributed by atoms with Crippen LogP contribution in [0.3, 0.4) is 0 Å². The van der Waals surface area contributed by atoms with Gasteiger partial charge in [0.1, 0.15) is 0 Å². The van der Waals surface area contributed by atoms with E-state index in [1.165, 1.54) is 12.5 Å². The molecule has 1 aromatic heterocycles. The second-order valence-electron chi connectivity index (χ2n) is 6.59. The first kappa shape index (κ1) is 17.0. The normalized spacial score (nSPS) is 10.9. The highest BCUT2D eigenvalue weighted by Crippen LogP contribution is 2.21. The Morgan fingerprint density at radius 3 is 2.44 bits per heavy atom. The smallest absolute Gasteiger partial charge is 0.253 e. The summed E-state index contributed by atoms with van der Waals surface area (Å²) < 4.78 is 0. The first-order chi connectivity index (χ1) is 11.8. The zero-order chi connectivity index (χ0) is 18.1. The Hall–Kier alpha value is -2.88. The number of fused-ring (bicyclic) bond motifs is 1. The number of carbonyl (C=O) groups is 1. The fourth-order valence-electron chi connectivity index (χ4n) is 2.94. The van der Waals surface area contributed by atoms with E-state index in [1.54, 1.807) is 4.90 Å². The van der Waals surface area contributed by atoms with Crippen molar-refractivity contribution < 1.29 is 4.79 Å². The molecule has 25 heavy (non-hydrogen) atoms. The molecule has 1 N–H and O–H groups in total. The van der Waals surface area contributed by atoms with Crippen LogP contribution in [0.4, 0.5) is 5.69 Å². The number of anilines is 1. The van der Waals surface area contributed by atoms with Crippen LogP contribution in [0.1, 0.15) is 29.2 Å². The number of pyridine rings is 1. The van der Waals surface area contributed by atoms with Crippen molar-refractivity contribution >= 4 is 22.5 Å². The topological polar surface area (TPSA) is 53.2 Å². The minimum absolute atomic E-state index is 0.0907. The van der Waals surface area contributed by atoms with Gasteiger partial charge in [-0.2, -0.15) is 0 Å². The van der Waals surface area contributed by atoms with Crippen molar-refractivity contribution in [2.75, 3.05) is 4.90 Å². The van der Waals surface area contributed by atoms with Crippen molar-refractivity contribution in [2.24, 2.45) is 0 Å². The van der Waals surface area contributed by atoms with Crippen LogP contribution in [-0.2, 0) is 11.3 Å². The van der Waals surface area contributed by atoms with Gasteiger partial charge in [-0.05, 0) is 67.6 Å². The quantitative estimate of drug-likeness (QED) is 0.787. The molecule has 0 bridgehead atoms. The van der Waals surface area contributed by atoms with E-state index in [0.717, 1.165) is 27.7 Å². The molecule has 0 unspecified atom stereocenters. The number of aryl methyl sites for hydroxylation is 3. The van der Waals surface area contributed by atoms with E-state index in [1.807, 2.05) is 63.2 Å². The molecule has 0 saturated heterocycles. The van der Waals surface area contributed by atoms with Gasteiger partial charge in [-0.25, -0.2) is 0 Å². The molecule has 0 aliphatic carbocycles. The average Bonchev–Trinajstić information content (AvgIpc) is 2.55. The number of aromatic amines is 1. The molecular formula is C21H22N2O2. The van der Waals surface area contributed by atoms with Gasteiger partial charge in [0.25, 0.3) is 5.56 Å². The molecule has 3 rings (SSSR count). The third kappa shape index (κ3) is 3.48. The first-order valence-corrected chi connectivity index (χ1v) is 8.33. The SMILES string of the molecule is CC(=O)N(Cc1cc2cc(C)ccc2[nH]c1=O)c1ccc(C)c(C)c1. The molecular weight excluding hydrogens is 312 g/mol. The van der Waals surface area contributed by atoms with Crippen LogP contribution in [-0.4, -0.2) is 10.9 Å². The van der Waals surface area contributed by atoms with Gasteiger partial charge in [0, 0.05) is 23.7 Å². The highest BCUT2D eigenvalue weighted by Gasteiger charge is 2.15. The van der Waals surface area contributed by atoms with E-state index in [0.29, 0.717) is 5.56 Å². The van der Waals surface area contributed by atoms with Gasteiger partial charge in [0.05, 0.1) is 6.54 Å². The molecule has 0 fully saturated rings. The van der Waals surface area contributed by atoms with Crippen LogP contribution in [0.15, 0.2) is 47.3 Å². The molecule has 0 spiro atoms. The lowest BCUT2D eigenvalue weighted by Crippen LogP contribution is -2.30. The summed E-state index contributed by atoms with van der Waals surface area (Å²) in [4.78, 5) is 29.2. The largest absolute Gasteiger partial charge is 0.322 e. The van der Waals surface area contributed by atoms with E-state index in [2.05, 4.69) is 4.98 Å². The Morgan fingerprint density at radius 2 is 1.76 bits per heavy atom. The van der Waals surface area contributed by atoms with Gasteiger partial charge in [-0.1, -0.05) is 17.7 Å². The van der Waals surface area contributed by atoms with Crippen LogP contribution >= 0.6 is 0 Å². The third-order valence-electron chi connectivity index (χ3n) is 4.59. The lowest BCUT2D eigenvalue weighted by molar-refractivity contribution is -0.116. The van der Waals surface area contributed by atoms with Crippen molar-refractivity contribution in [1.82, 2.24) is 4.98 Å². The Morgan fingerprint density at radius 1 is 1.00 bits per heavy atom. The number of rotatable bonds is 3. The Balaban J connectivity index is 2.04. The van der Waals surface area contributed by atoms with Gasteiger partial charge in [0.2, 0.25) is 5.91 Å². The molecule has 1 heterocycles. The van der Waals surface area contributed by atoms with Crippen LogP contribution in [0.25, 0.3) is 10.9 Å². The number of nitrogens with zero attached hydrogens (tertiary/aromatic N) is 1. The molecule has 0 atom stereocenters. The van der Waals surface area contributed by atoms with Crippen molar-refractivity contribution in [3.63, 3.8) is 0 Å². The lowest BCUT2D eigenvalue weighted by Gasteiger charge is -2.22. The molecule has 4 nitrogen and oxygen atoms in total. The van der Waals surface area contributed by atoms with E-state index in [9.17, 15) is 9.59 Å². The Bertz CT molecular complexity index is 1020. The van der Waals surface area contributed by atoms with Crippen molar-refractivity contribution in [1.29, 1.82) is 0 Å². The zero-order valence-corrected chi connectivity index (χ0v) is 15.0. The van der Waals surface area contributed by atoms with Gasteiger partial charge in [-0.3, -0.25) is 9.59 Å². The predicted molar refractivity (Wildman–Crippen MR) is 102 cm³/mol. The molecule has 0 aliphatic rings. The highest BCUT2D eigenvalue weighted by atomic mass is 16.2. The minimum atomic E-state index is -0.161. The summed E-state index contributed by atoms with van der Waals surface area (Å²) in [6.45, 7) is 7.84. The number of H-pyrrole nitrogens is 1. The summed E-state index contributed by atoms with van der Waals surface area (Å²) in [5, 5.41) is 0.971. The summed E-state index contributed by atoms with van der Waals surface area (Å²) in [5.41, 5.74) is 5.44. The molecule has 4 heteroatoms. The van der Waals surface area contributed by atoms with Crippen LogP contribution in [0.2, 0.25) is 0 Å². The summed E-state index contributed by atoms with van der Waals surface area (Å²) in [5.74, 6) is -0.0907. The number of hydrogen-bond donors (Lipinski definition) is 1. The Labute approximate surface area is 147 Å². The maximum Gasteiger partial charge on any atom is 0.253 e. The number of benzene rings is 2. The van der Waals surface area contributed by atoms with E-state index in [4.69, 9.17) is 0 Å². The molecule has 3 aromatic rings. The van der Waals surface area contributed by atoms with Crippen molar-refractivity contribution in [3.8, 4) is 0 Å². The number of carbonyl (C=O) groups excluding carboxylic acids is 1. The number of hydrogen-bond acceptors (Lipinski definition) is 2. The molecule has 1 amide bonds. The van der Waals surface area contributed by atoms with Crippen LogP contribution < -0.4 is 10.5 Å². The molecule has 128 valence electrons. The van der Waals surface area contributed by atoms with Crippen LogP contribution in [0, 0.1) is 20.8 Å². The minimum Gasteiger partial charge on any atom is -0.322 e. The fraction of sp³-hybridized carbons (Fsp3) is 0.238. The summed E-state index contributed by atoms with van der Waals surface area (Å²) in [7, 11) is 0. The summed E-state index contributed by atoms with van der Waals surface area (Å²) in [6, 6.07) is 13.7. The van der Waals surface area contributed by atoms with Crippen molar-refractivity contribution in [2.45, 2.75) is 34.2 Å². The second-order valence-corrected chi connectivity index (χ2v) is 6.59. The number of nitrogens with one attached hydrogen (secondary N) is 1. The van der Waals surface area contributed by atoms with E-state index < -0.39 is 0 Å². The highest BCUT2D eigenvalue weighted by molar-refractivity contribution is 5.91. The third-order valence-corrected chi connectivity index (χ3v) is 4.59. The number of aromatic nitrogens is 1. The average molecular weight is 334 g/mol. The van der Waals surface area contributed by atoms with Gasteiger partial charge in [0.15, 0.2) is 0 Å². The van der Waals surface area contributed by atoms with E-state index >= 15 is 0 Å². The maximum atomic E-state index is 12.4. The molecule has 0 saturated carbocycles. The fourth-order valence-corrected chi connectivity index (χ4v) is 2.94. The van der Waals surface area contributed by atoms with E-state index in [-0.39, 0.29) is 18.0 Å². The molecule has 0 radical (unpaired) electrons. The van der Waals surface area contributed by atoms with Crippen LogP contribution in [0.5, 0.6) is 0 Å². The first-order valence-electron chi connectivity index (χ1n) is 8.33. The lowest BCUT2D eigenvalue weighted by atomic mass is 10.1. The summed E-state index contributed by atoms with van der Waals surface area (Å²) >= 11 is 0. The molecule has 2 aromatic carbocycles.